The van der Waals surface area contributed by atoms with Crippen molar-refractivity contribution in [1.82, 2.24) is 19.7 Å². The number of pyridine rings is 2. The minimum atomic E-state index is 0.553. The van der Waals surface area contributed by atoms with Crippen molar-refractivity contribution in [1.29, 1.82) is 5.26 Å². The topological polar surface area (TPSA) is 79.4 Å². The van der Waals surface area contributed by atoms with Crippen LogP contribution < -0.4 is 5.32 Å². The van der Waals surface area contributed by atoms with Gasteiger partial charge in [0, 0.05) is 30.8 Å². The lowest BCUT2D eigenvalue weighted by molar-refractivity contribution is 0.843. The summed E-state index contributed by atoms with van der Waals surface area (Å²) in [6.07, 6.45) is 5.35. The Morgan fingerprint density at radius 3 is 2.83 bits per heavy atom. The zero-order valence-electron chi connectivity index (χ0n) is 13.0. The lowest BCUT2D eigenvalue weighted by Gasteiger charge is -2.10. The molecule has 0 radical (unpaired) electrons. The highest BCUT2D eigenvalue weighted by Crippen LogP contribution is 2.18. The average molecular weight is 304 g/mol. The van der Waals surface area contributed by atoms with E-state index in [-0.39, 0.29) is 0 Å². The second-order valence-corrected chi connectivity index (χ2v) is 5.24. The molecule has 0 aliphatic rings. The third kappa shape index (κ3) is 3.19. The molecule has 114 valence electrons. The summed E-state index contributed by atoms with van der Waals surface area (Å²) in [7, 11) is 0. The largest absolute Gasteiger partial charge is 0.365 e. The summed E-state index contributed by atoms with van der Waals surface area (Å²) >= 11 is 0. The molecule has 23 heavy (non-hydrogen) atoms. The van der Waals surface area contributed by atoms with Crippen molar-refractivity contribution in [3.63, 3.8) is 0 Å². The number of hydrogen-bond donors (Lipinski definition) is 1. The highest BCUT2D eigenvalue weighted by molar-refractivity contribution is 5.56. The van der Waals surface area contributed by atoms with Gasteiger partial charge in [-0.3, -0.25) is 0 Å². The first-order valence-corrected chi connectivity index (χ1v) is 7.24. The first-order valence-electron chi connectivity index (χ1n) is 7.24. The molecule has 0 aliphatic heterocycles. The maximum atomic E-state index is 9.28. The Morgan fingerprint density at radius 1 is 1.30 bits per heavy atom. The molecule has 0 amide bonds. The van der Waals surface area contributed by atoms with Crippen molar-refractivity contribution >= 4 is 5.82 Å². The van der Waals surface area contributed by atoms with Crippen LogP contribution in [0.15, 0.2) is 42.9 Å². The van der Waals surface area contributed by atoms with E-state index in [0.717, 1.165) is 22.6 Å². The van der Waals surface area contributed by atoms with Crippen LogP contribution in [-0.2, 0) is 6.54 Å². The van der Waals surface area contributed by atoms with Gasteiger partial charge < -0.3 is 5.32 Å². The summed E-state index contributed by atoms with van der Waals surface area (Å²) in [4.78, 5) is 8.80. The number of nitrogens with zero attached hydrogens (tertiary/aromatic N) is 5. The molecule has 0 saturated carbocycles. The minimum absolute atomic E-state index is 0.553. The van der Waals surface area contributed by atoms with E-state index in [0.29, 0.717) is 17.9 Å². The molecule has 6 heteroatoms. The predicted octanol–water partition coefficient (Wildman–Crippen LogP) is 2.76. The zero-order valence-corrected chi connectivity index (χ0v) is 13.0. The number of aryl methyl sites for hydroxylation is 2. The lowest BCUT2D eigenvalue weighted by atomic mass is 10.1. The van der Waals surface area contributed by atoms with E-state index >= 15 is 0 Å². The Labute approximate surface area is 134 Å². The standard InChI is InChI=1S/C17H16N6/c1-12-8-13(2)22-17(15(12)9-18)20-11-14-4-5-16(19-10-14)23-7-3-6-21-23/h3-8,10H,11H2,1-2H3,(H,20,22). The monoisotopic (exact) mass is 304 g/mol. The van der Waals surface area contributed by atoms with Crippen LogP contribution in [-0.4, -0.2) is 19.7 Å². The van der Waals surface area contributed by atoms with Crippen LogP contribution >= 0.6 is 0 Å². The summed E-state index contributed by atoms with van der Waals surface area (Å²) in [5, 5.41) is 16.6. The van der Waals surface area contributed by atoms with Crippen molar-refractivity contribution < 1.29 is 0 Å². The van der Waals surface area contributed by atoms with Crippen LogP contribution in [0.1, 0.15) is 22.4 Å². The van der Waals surface area contributed by atoms with Crippen molar-refractivity contribution in [2.45, 2.75) is 20.4 Å². The maximum absolute atomic E-state index is 9.28. The van der Waals surface area contributed by atoms with Crippen LogP contribution in [0, 0.1) is 25.2 Å². The Kier molecular flexibility index (Phi) is 4.02. The SMILES string of the molecule is Cc1cc(C)c(C#N)c(NCc2ccc(-n3cccn3)nc2)n1. The fourth-order valence-electron chi connectivity index (χ4n) is 2.35. The van der Waals surface area contributed by atoms with Gasteiger partial charge in [0.15, 0.2) is 5.82 Å². The minimum Gasteiger partial charge on any atom is -0.365 e. The average Bonchev–Trinajstić information content (AvgIpc) is 3.07. The molecule has 3 aromatic heterocycles. The van der Waals surface area contributed by atoms with E-state index in [2.05, 4.69) is 26.5 Å². The number of hydrogen-bond acceptors (Lipinski definition) is 5. The molecule has 0 spiro atoms. The summed E-state index contributed by atoms with van der Waals surface area (Å²) in [5.41, 5.74) is 3.40. The van der Waals surface area contributed by atoms with Gasteiger partial charge >= 0.3 is 0 Å². The molecular weight excluding hydrogens is 288 g/mol. The molecular formula is C17H16N6. The molecule has 0 bridgehead atoms. The third-order valence-electron chi connectivity index (χ3n) is 3.46. The predicted molar refractivity (Wildman–Crippen MR) is 87.1 cm³/mol. The number of anilines is 1. The van der Waals surface area contributed by atoms with Gasteiger partial charge in [-0.2, -0.15) is 10.4 Å². The summed E-state index contributed by atoms with van der Waals surface area (Å²) in [6.45, 7) is 4.38. The van der Waals surface area contributed by atoms with Crippen molar-refractivity contribution in [3.8, 4) is 11.9 Å². The van der Waals surface area contributed by atoms with Gasteiger partial charge in [-0.25, -0.2) is 14.6 Å². The quantitative estimate of drug-likeness (QED) is 0.801. The van der Waals surface area contributed by atoms with Crippen LogP contribution in [0.25, 0.3) is 5.82 Å². The lowest BCUT2D eigenvalue weighted by Crippen LogP contribution is -2.06. The highest BCUT2D eigenvalue weighted by Gasteiger charge is 2.08. The second-order valence-electron chi connectivity index (χ2n) is 5.24. The maximum Gasteiger partial charge on any atom is 0.153 e. The number of nitriles is 1. The smallest absolute Gasteiger partial charge is 0.153 e. The molecule has 0 unspecified atom stereocenters. The van der Waals surface area contributed by atoms with E-state index in [1.807, 2.05) is 44.3 Å². The van der Waals surface area contributed by atoms with Crippen LogP contribution in [0.4, 0.5) is 5.82 Å². The zero-order chi connectivity index (χ0) is 16.2. The van der Waals surface area contributed by atoms with E-state index in [1.165, 1.54) is 0 Å². The van der Waals surface area contributed by atoms with E-state index in [1.54, 1.807) is 17.1 Å². The molecule has 3 aromatic rings. The van der Waals surface area contributed by atoms with E-state index in [9.17, 15) is 5.26 Å². The first-order chi connectivity index (χ1) is 11.2. The van der Waals surface area contributed by atoms with Crippen molar-refractivity contribution in [3.05, 3.63) is 65.2 Å². The van der Waals surface area contributed by atoms with Gasteiger partial charge in [0.25, 0.3) is 0 Å². The fourth-order valence-corrected chi connectivity index (χ4v) is 2.35. The normalized spacial score (nSPS) is 10.3. The number of aromatic nitrogens is 4. The Balaban J connectivity index is 1.75. The highest BCUT2D eigenvalue weighted by atomic mass is 15.3. The molecule has 0 aliphatic carbocycles. The first kappa shape index (κ1) is 14.7. The van der Waals surface area contributed by atoms with Crippen LogP contribution in [0.3, 0.4) is 0 Å². The summed E-state index contributed by atoms with van der Waals surface area (Å²) < 4.78 is 1.70. The van der Waals surface area contributed by atoms with E-state index < -0.39 is 0 Å². The molecule has 0 aromatic carbocycles. The summed E-state index contributed by atoms with van der Waals surface area (Å²) in [5.74, 6) is 1.38. The molecule has 3 rings (SSSR count). The molecule has 3 heterocycles. The third-order valence-corrected chi connectivity index (χ3v) is 3.46. The van der Waals surface area contributed by atoms with Gasteiger partial charge in [0.1, 0.15) is 11.9 Å². The fraction of sp³-hybridized carbons (Fsp3) is 0.176. The van der Waals surface area contributed by atoms with Gasteiger partial charge in [-0.05, 0) is 43.2 Å². The van der Waals surface area contributed by atoms with Crippen LogP contribution in [0.2, 0.25) is 0 Å². The number of rotatable bonds is 4. The van der Waals surface area contributed by atoms with Gasteiger partial charge in [-0.1, -0.05) is 6.07 Å². The van der Waals surface area contributed by atoms with E-state index in [4.69, 9.17) is 0 Å². The molecule has 0 fully saturated rings. The van der Waals surface area contributed by atoms with Crippen molar-refractivity contribution in [2.75, 3.05) is 5.32 Å². The van der Waals surface area contributed by atoms with Gasteiger partial charge in [0.05, 0.1) is 5.56 Å². The van der Waals surface area contributed by atoms with Gasteiger partial charge in [0.2, 0.25) is 0 Å². The van der Waals surface area contributed by atoms with Gasteiger partial charge in [-0.15, -0.1) is 0 Å². The molecule has 1 N–H and O–H groups in total. The molecule has 0 atom stereocenters. The Hall–Kier alpha value is -3.20. The Bertz CT molecular complexity index is 844. The summed E-state index contributed by atoms with van der Waals surface area (Å²) in [6, 6.07) is 9.85. The van der Waals surface area contributed by atoms with Crippen molar-refractivity contribution in [2.24, 2.45) is 0 Å². The van der Waals surface area contributed by atoms with Crippen LogP contribution in [0.5, 0.6) is 0 Å². The Morgan fingerprint density at radius 2 is 2.17 bits per heavy atom. The molecule has 6 nitrogen and oxygen atoms in total. The molecule has 0 saturated heterocycles. The second kappa shape index (κ2) is 6.28. The number of nitrogens with one attached hydrogen (secondary N) is 1.